The fraction of sp³-hybridized carbons (Fsp3) is 0.267. The molecule has 0 saturated carbocycles. The minimum absolute atomic E-state index is 0.0988. The van der Waals surface area contributed by atoms with Crippen LogP contribution < -0.4 is 10.6 Å². The highest BCUT2D eigenvalue weighted by molar-refractivity contribution is 6.03. The number of rotatable bonds is 2. The molecule has 4 nitrogen and oxygen atoms in total. The van der Waals surface area contributed by atoms with Crippen LogP contribution in [0.1, 0.15) is 49.3 Å². The van der Waals surface area contributed by atoms with Crippen molar-refractivity contribution in [1.82, 2.24) is 0 Å². The third-order valence-corrected chi connectivity index (χ3v) is 7.12. The van der Waals surface area contributed by atoms with E-state index in [-0.39, 0.29) is 11.2 Å². The van der Waals surface area contributed by atoms with Gasteiger partial charge in [-0.2, -0.15) is 5.26 Å². The number of carbonyl (C=O) groups is 1. The van der Waals surface area contributed by atoms with E-state index in [0.717, 1.165) is 38.8 Å². The van der Waals surface area contributed by atoms with E-state index in [9.17, 15) is 10.1 Å². The first-order valence-electron chi connectivity index (χ1n) is 11.7. The van der Waals surface area contributed by atoms with Crippen molar-refractivity contribution in [2.24, 2.45) is 11.1 Å². The molecular weight excluding hydrogens is 418 g/mol. The number of anilines is 1. The molecule has 0 radical (unpaired) electrons. The normalized spacial score (nSPS) is 19.9. The van der Waals surface area contributed by atoms with E-state index in [4.69, 9.17) is 5.73 Å². The average molecular weight is 448 g/mol. The smallest absolute Gasteiger partial charge is 0.162 e. The zero-order chi connectivity index (χ0) is 24.2. The van der Waals surface area contributed by atoms with Crippen molar-refractivity contribution in [2.75, 3.05) is 4.90 Å². The zero-order valence-electron chi connectivity index (χ0n) is 20.1. The first kappa shape index (κ1) is 22.0. The Hall–Kier alpha value is -3.84. The third-order valence-electron chi connectivity index (χ3n) is 7.12. The highest BCUT2D eigenvalue weighted by Crippen LogP contribution is 2.51. The summed E-state index contributed by atoms with van der Waals surface area (Å²) in [7, 11) is 0. The Bertz CT molecular complexity index is 1450. The fourth-order valence-electron chi connectivity index (χ4n) is 5.65. The minimum atomic E-state index is -0.449. The highest BCUT2D eigenvalue weighted by Gasteiger charge is 2.45. The number of allylic oxidation sites excluding steroid dienone is 3. The molecule has 1 heterocycles. The standard InChI is InChI=1S/C30H29N3O/c1-18-12-13-21(19(2)14-18)27-23(17-31)29(32)33(25-15-30(3,4)16-26(34)28(25)27)24-11-7-9-20-8-5-6-10-22(20)24/h5-14,27H,15-16,32H2,1-4H3. The van der Waals surface area contributed by atoms with Crippen molar-refractivity contribution >= 4 is 22.2 Å². The number of ketones is 1. The molecule has 0 spiro atoms. The van der Waals surface area contributed by atoms with E-state index in [1.807, 2.05) is 55.1 Å². The molecule has 1 aliphatic carbocycles. The molecule has 1 aliphatic heterocycles. The number of hydrogen-bond donors (Lipinski definition) is 1. The van der Waals surface area contributed by atoms with Crippen molar-refractivity contribution in [1.29, 1.82) is 5.26 Å². The summed E-state index contributed by atoms with van der Waals surface area (Å²) in [6.07, 6.45) is 1.16. The van der Waals surface area contributed by atoms with Crippen molar-refractivity contribution in [3.63, 3.8) is 0 Å². The fourth-order valence-corrected chi connectivity index (χ4v) is 5.65. The molecule has 0 aromatic heterocycles. The number of carbonyl (C=O) groups excluding carboxylic acids is 1. The summed E-state index contributed by atoms with van der Waals surface area (Å²) >= 11 is 0. The van der Waals surface area contributed by atoms with Crippen molar-refractivity contribution in [3.05, 3.63) is 100 Å². The molecule has 170 valence electrons. The lowest BCUT2D eigenvalue weighted by Gasteiger charge is -2.44. The Morgan fingerprint density at radius 3 is 2.50 bits per heavy atom. The predicted octanol–water partition coefficient (Wildman–Crippen LogP) is 6.40. The molecular formula is C30H29N3O. The molecule has 5 rings (SSSR count). The minimum Gasteiger partial charge on any atom is -0.384 e. The number of fused-ring (bicyclic) bond motifs is 1. The summed E-state index contributed by atoms with van der Waals surface area (Å²) in [5.74, 6) is 0.0604. The van der Waals surface area contributed by atoms with E-state index in [1.165, 1.54) is 0 Å². The van der Waals surface area contributed by atoms with Crippen molar-refractivity contribution in [3.8, 4) is 6.07 Å². The molecule has 1 atom stereocenters. The Kier molecular flexibility index (Phi) is 5.10. The van der Waals surface area contributed by atoms with Crippen LogP contribution >= 0.6 is 0 Å². The van der Waals surface area contributed by atoms with Gasteiger partial charge in [-0.25, -0.2) is 0 Å². The van der Waals surface area contributed by atoms with Gasteiger partial charge in [-0.15, -0.1) is 0 Å². The Labute approximate surface area is 201 Å². The van der Waals surface area contributed by atoms with Crippen LogP contribution in [0.2, 0.25) is 0 Å². The quantitative estimate of drug-likeness (QED) is 0.494. The number of hydrogen-bond acceptors (Lipinski definition) is 4. The van der Waals surface area contributed by atoms with Gasteiger partial charge in [-0.1, -0.05) is 74.0 Å². The lowest BCUT2D eigenvalue weighted by Crippen LogP contribution is -2.42. The second kappa shape index (κ2) is 7.88. The molecule has 0 fully saturated rings. The van der Waals surface area contributed by atoms with Gasteiger partial charge in [-0.05, 0) is 48.3 Å². The monoisotopic (exact) mass is 447 g/mol. The Morgan fingerprint density at radius 2 is 1.76 bits per heavy atom. The van der Waals surface area contributed by atoms with Crippen LogP contribution in [0.25, 0.3) is 10.8 Å². The van der Waals surface area contributed by atoms with Gasteiger partial charge in [0.15, 0.2) is 5.78 Å². The zero-order valence-corrected chi connectivity index (χ0v) is 20.1. The maximum atomic E-state index is 13.8. The molecule has 4 heteroatoms. The second-order valence-electron chi connectivity index (χ2n) is 10.3. The molecule has 2 aliphatic rings. The van der Waals surface area contributed by atoms with Crippen LogP contribution in [0.15, 0.2) is 83.3 Å². The number of aryl methyl sites for hydroxylation is 2. The Morgan fingerprint density at radius 1 is 1.03 bits per heavy atom. The van der Waals surface area contributed by atoms with Gasteiger partial charge in [0.2, 0.25) is 0 Å². The summed E-state index contributed by atoms with van der Waals surface area (Å²) in [6, 6.07) is 22.8. The van der Waals surface area contributed by atoms with Crippen LogP contribution in [0, 0.1) is 30.6 Å². The molecule has 0 amide bonds. The summed E-state index contributed by atoms with van der Waals surface area (Å²) < 4.78 is 0. The number of nitrogens with zero attached hydrogens (tertiary/aromatic N) is 2. The van der Waals surface area contributed by atoms with Crippen LogP contribution in [0.5, 0.6) is 0 Å². The van der Waals surface area contributed by atoms with Gasteiger partial charge in [0.05, 0.1) is 23.2 Å². The number of Topliss-reactive ketones (excluding diaryl/α,β-unsaturated/α-hetero) is 1. The summed E-state index contributed by atoms with van der Waals surface area (Å²) in [5.41, 5.74) is 12.8. The van der Waals surface area contributed by atoms with Crippen LogP contribution in [0.4, 0.5) is 5.69 Å². The van der Waals surface area contributed by atoms with Crippen molar-refractivity contribution in [2.45, 2.75) is 46.5 Å². The van der Waals surface area contributed by atoms with Gasteiger partial charge in [0, 0.05) is 23.1 Å². The highest BCUT2D eigenvalue weighted by atomic mass is 16.1. The van der Waals surface area contributed by atoms with Gasteiger partial charge in [-0.3, -0.25) is 9.69 Å². The van der Waals surface area contributed by atoms with Crippen LogP contribution in [-0.2, 0) is 4.79 Å². The predicted molar refractivity (Wildman–Crippen MR) is 137 cm³/mol. The lowest BCUT2D eigenvalue weighted by molar-refractivity contribution is -0.118. The first-order valence-corrected chi connectivity index (χ1v) is 11.7. The van der Waals surface area contributed by atoms with E-state index in [1.54, 1.807) is 0 Å². The molecule has 0 bridgehead atoms. The molecule has 34 heavy (non-hydrogen) atoms. The first-order chi connectivity index (χ1) is 16.2. The van der Waals surface area contributed by atoms with Gasteiger partial charge < -0.3 is 5.73 Å². The number of nitriles is 1. The lowest BCUT2D eigenvalue weighted by atomic mass is 9.68. The van der Waals surface area contributed by atoms with Crippen LogP contribution in [0.3, 0.4) is 0 Å². The molecule has 3 aromatic carbocycles. The van der Waals surface area contributed by atoms with Gasteiger partial charge >= 0.3 is 0 Å². The molecule has 2 N–H and O–H groups in total. The van der Waals surface area contributed by atoms with E-state index < -0.39 is 5.92 Å². The summed E-state index contributed by atoms with van der Waals surface area (Å²) in [4.78, 5) is 15.7. The SMILES string of the molecule is Cc1ccc(C2C(C#N)=C(N)N(c3cccc4ccccc34)C3=C2C(=O)CC(C)(C)C3)c(C)c1. The molecule has 1 unspecified atom stereocenters. The van der Waals surface area contributed by atoms with Gasteiger partial charge in [0.25, 0.3) is 0 Å². The molecule has 0 saturated heterocycles. The topological polar surface area (TPSA) is 70.1 Å². The van der Waals surface area contributed by atoms with Crippen LogP contribution in [-0.4, -0.2) is 5.78 Å². The largest absolute Gasteiger partial charge is 0.384 e. The second-order valence-corrected chi connectivity index (χ2v) is 10.3. The molecule has 3 aromatic rings. The Balaban J connectivity index is 1.84. The van der Waals surface area contributed by atoms with Gasteiger partial charge in [0.1, 0.15) is 5.82 Å². The summed E-state index contributed by atoms with van der Waals surface area (Å²) in [5, 5.41) is 12.5. The number of benzene rings is 3. The van der Waals surface area contributed by atoms with Crippen molar-refractivity contribution < 1.29 is 4.79 Å². The maximum Gasteiger partial charge on any atom is 0.162 e. The maximum absolute atomic E-state index is 13.8. The third kappa shape index (κ3) is 3.40. The van der Waals surface area contributed by atoms with E-state index in [0.29, 0.717) is 29.8 Å². The average Bonchev–Trinajstić information content (AvgIpc) is 2.78. The van der Waals surface area contributed by atoms with E-state index >= 15 is 0 Å². The summed E-state index contributed by atoms with van der Waals surface area (Å²) in [6.45, 7) is 8.35. The number of nitrogens with two attached hydrogens (primary N) is 1. The van der Waals surface area contributed by atoms with E-state index in [2.05, 4.69) is 44.2 Å².